The Morgan fingerprint density at radius 2 is 0.750 bits per heavy atom. The number of hydrogen-bond acceptors (Lipinski definition) is 21. The lowest BCUT2D eigenvalue weighted by Crippen LogP contribution is -2.66. The highest BCUT2D eigenvalue weighted by Crippen LogP contribution is 2.68. The summed E-state index contributed by atoms with van der Waals surface area (Å²) < 4.78 is 48.5. The summed E-state index contributed by atoms with van der Waals surface area (Å²) in [5.74, 6) is -4.93. The summed E-state index contributed by atoms with van der Waals surface area (Å²) in [4.78, 5) is 119. The van der Waals surface area contributed by atoms with Crippen LogP contribution >= 0.6 is 0 Å². The second-order valence-corrected chi connectivity index (χ2v) is 30.2. The third-order valence-corrected chi connectivity index (χ3v) is 24.2. The van der Waals surface area contributed by atoms with Gasteiger partial charge in [0.1, 0.15) is 18.3 Å². The Morgan fingerprint density at radius 3 is 1.00 bits per heavy atom. The van der Waals surface area contributed by atoms with Crippen LogP contribution in [-0.4, -0.2) is 111 Å². The van der Waals surface area contributed by atoms with Crippen LogP contribution in [0.4, 0.5) is 0 Å². The number of rotatable bonds is 12. The second kappa shape index (κ2) is 26.0. The third kappa shape index (κ3) is 11.7. The van der Waals surface area contributed by atoms with Crippen LogP contribution in [0.3, 0.4) is 0 Å². The number of carbonyl (C=O) groups is 9. The first-order chi connectivity index (χ1) is 43.5. The number of carbonyl (C=O) groups excluding carboxylic acids is 9. The molecule has 12 rings (SSSR count). The molecule has 6 aliphatic carbocycles. The number of furan rings is 3. The van der Waals surface area contributed by atoms with Gasteiger partial charge >= 0.3 is 35.8 Å². The van der Waals surface area contributed by atoms with Crippen molar-refractivity contribution in [3.8, 4) is 0 Å². The van der Waals surface area contributed by atoms with E-state index in [4.69, 9.17) is 41.7 Å². The van der Waals surface area contributed by atoms with E-state index >= 15 is 0 Å². The Morgan fingerprint density at radius 1 is 0.467 bits per heavy atom. The van der Waals surface area contributed by atoms with E-state index in [-0.39, 0.29) is 83.0 Å². The van der Waals surface area contributed by atoms with Crippen molar-refractivity contribution in [1.82, 2.24) is 16.0 Å². The van der Waals surface area contributed by atoms with Gasteiger partial charge in [-0.05, 0) is 134 Å². The standard InChI is InChI=1S/2C24H33NO6.C23H31NO6/c2*1-13(2)25-17-10-16(21(27)29-5)23(3)8-6-15-22(28)31-18(14-7-9-30-12-14)11-24(15,4)20(23)19(17)26;1-5-24-16-10-15(20(26)28-4)22(2)8-6-14-21(27)30-17(13-7-9-29-12-13)11-23(14,3)19(22)18(16)25/h2*7,9,12-13,15-18,20,25H,6,8,10-11H2,1-5H3;7,9,12,14-17,19,24H,5-6,8,10-11H2,1-4H3/t15-,16-,17+,18-,20?,23-,24-;15-,16-,17-,18-,20?,23-,24-;14-,15-,16-,17-,19?,22-,23-/m000/s1. The summed E-state index contributed by atoms with van der Waals surface area (Å²) in [6.45, 7) is 22.8. The van der Waals surface area contributed by atoms with Crippen molar-refractivity contribution < 1.29 is 84.8 Å². The largest absolute Gasteiger partial charge is 0.472 e. The normalized spacial score (nSPS) is 40.4. The van der Waals surface area contributed by atoms with E-state index in [1.54, 1.807) is 55.8 Å². The van der Waals surface area contributed by atoms with Gasteiger partial charge in [0.05, 0.1) is 113 Å². The second-order valence-electron chi connectivity index (χ2n) is 30.2. The first-order valence-corrected chi connectivity index (χ1v) is 33.3. The van der Waals surface area contributed by atoms with Gasteiger partial charge in [-0.25, -0.2) is 0 Å². The number of esters is 6. The lowest BCUT2D eigenvalue weighted by atomic mass is 9.43. The van der Waals surface area contributed by atoms with Gasteiger partial charge in [0, 0.05) is 46.5 Å². The monoisotopic (exact) mass is 1280 g/mol. The zero-order valence-electron chi connectivity index (χ0n) is 56.1. The Labute approximate surface area is 539 Å². The van der Waals surface area contributed by atoms with E-state index in [0.29, 0.717) is 83.6 Å². The van der Waals surface area contributed by atoms with Crippen molar-refractivity contribution >= 4 is 53.2 Å². The van der Waals surface area contributed by atoms with Gasteiger partial charge in [-0.3, -0.25) is 43.2 Å². The van der Waals surface area contributed by atoms with Crippen LogP contribution in [0.5, 0.6) is 0 Å². The average molecular weight is 1280 g/mol. The predicted molar refractivity (Wildman–Crippen MR) is 331 cm³/mol. The lowest BCUT2D eigenvalue weighted by Gasteiger charge is -2.61. The molecule has 6 saturated carbocycles. The highest BCUT2D eigenvalue weighted by Gasteiger charge is 2.71. The molecule has 6 heterocycles. The number of methoxy groups -OCH3 is 3. The lowest BCUT2D eigenvalue weighted by molar-refractivity contribution is -0.205. The van der Waals surface area contributed by atoms with Crippen molar-refractivity contribution in [2.75, 3.05) is 27.9 Å². The molecule has 3 unspecified atom stereocenters. The number of ether oxygens (including phenoxy) is 6. The maximum atomic E-state index is 13.9. The number of hydrogen-bond donors (Lipinski definition) is 3. The predicted octanol–water partition coefficient (Wildman–Crippen LogP) is 9.92. The minimum Gasteiger partial charge on any atom is -0.472 e. The van der Waals surface area contributed by atoms with Crippen LogP contribution in [0.15, 0.2) is 69.0 Å². The molecule has 9 fully saturated rings. The van der Waals surface area contributed by atoms with Gasteiger partial charge in [0.15, 0.2) is 17.3 Å². The summed E-state index contributed by atoms with van der Waals surface area (Å²) >= 11 is 0. The zero-order valence-corrected chi connectivity index (χ0v) is 56.1. The Bertz CT molecular complexity index is 3090. The van der Waals surface area contributed by atoms with E-state index in [0.717, 1.165) is 16.7 Å². The van der Waals surface area contributed by atoms with Gasteiger partial charge in [-0.15, -0.1) is 0 Å². The summed E-state index contributed by atoms with van der Waals surface area (Å²) in [6, 6.07) is 4.28. The molecule has 3 aromatic rings. The van der Waals surface area contributed by atoms with Crippen LogP contribution in [0.1, 0.15) is 188 Å². The summed E-state index contributed by atoms with van der Waals surface area (Å²) in [5, 5.41) is 10.00. The highest BCUT2D eigenvalue weighted by atomic mass is 16.6. The molecular weight excluding hydrogens is 1180 g/mol. The number of nitrogens with one attached hydrogen (secondary N) is 3. The molecule has 0 aromatic carbocycles. The van der Waals surface area contributed by atoms with Gasteiger partial charge < -0.3 is 57.6 Å². The van der Waals surface area contributed by atoms with Crippen molar-refractivity contribution in [2.24, 2.45) is 85.8 Å². The van der Waals surface area contributed by atoms with E-state index in [1.807, 2.05) is 76.2 Å². The number of Topliss-reactive ketones (excluding diaryl/α,β-unsaturated/α-hetero) is 3. The van der Waals surface area contributed by atoms with Gasteiger partial charge in [0.2, 0.25) is 0 Å². The van der Waals surface area contributed by atoms with Crippen LogP contribution in [-0.2, 0) is 71.6 Å². The number of fused-ring (bicyclic) bond motifs is 9. The van der Waals surface area contributed by atoms with E-state index in [2.05, 4.69) is 16.0 Å². The molecule has 3 aliphatic heterocycles. The first kappa shape index (κ1) is 68.4. The molecule has 3 aromatic heterocycles. The fourth-order valence-electron chi connectivity index (χ4n) is 20.1. The molecule has 504 valence electrons. The fraction of sp³-hybridized carbons (Fsp3) is 0.704. The third-order valence-electron chi connectivity index (χ3n) is 24.2. The minimum atomic E-state index is -0.620. The smallest absolute Gasteiger partial charge is 0.310 e. The molecule has 9 aliphatic rings. The fourth-order valence-corrected chi connectivity index (χ4v) is 20.1. The first-order valence-electron chi connectivity index (χ1n) is 33.3. The molecule has 0 amide bonds. The molecule has 3 N–H and O–H groups in total. The van der Waals surface area contributed by atoms with E-state index in [1.165, 1.54) is 21.3 Å². The topological polar surface area (TPSA) is 285 Å². The zero-order chi connectivity index (χ0) is 66.8. The quantitative estimate of drug-likeness (QED) is 0.112. The summed E-state index contributed by atoms with van der Waals surface area (Å²) in [6.07, 6.45) is 14.6. The molecular formula is C71H97N3O18. The Balaban J connectivity index is 0.000000151. The van der Waals surface area contributed by atoms with E-state index in [9.17, 15) is 43.2 Å². The Kier molecular flexibility index (Phi) is 19.4. The number of cyclic esters (lactones) is 3. The van der Waals surface area contributed by atoms with E-state index < -0.39 is 104 Å². The highest BCUT2D eigenvalue weighted by molar-refractivity contribution is 5.95. The van der Waals surface area contributed by atoms with Crippen molar-refractivity contribution in [3.63, 3.8) is 0 Å². The van der Waals surface area contributed by atoms with Crippen molar-refractivity contribution in [2.45, 2.75) is 202 Å². The van der Waals surface area contributed by atoms with Crippen molar-refractivity contribution in [1.29, 1.82) is 0 Å². The van der Waals surface area contributed by atoms with Crippen LogP contribution < -0.4 is 16.0 Å². The molecule has 3 saturated heterocycles. The molecule has 92 heavy (non-hydrogen) atoms. The van der Waals surface area contributed by atoms with Crippen LogP contribution in [0.2, 0.25) is 0 Å². The van der Waals surface area contributed by atoms with Gasteiger partial charge in [-0.1, -0.05) is 76.2 Å². The molecule has 21 nitrogen and oxygen atoms in total. The SMILES string of the molecule is CCN[C@H]1C[C@@H](C(=O)OC)[C@]2(C)CC[C@H]3C(=O)O[C@H](c4ccoc4)C[C@]3(C)C2C1=O.COC(=O)[C@@H]1C[C@@H](NC(C)C)C(=O)C2[C@@]1(C)CC[C@H]1C(=O)O[C@H](c3ccoc3)C[C@]21C.COC(=O)[C@@H]1C[C@H](NC(C)C)C(=O)C2[C@@]1(C)CC[C@H]1C(=O)O[C@H](c3ccoc3)C[C@]21C. The van der Waals surface area contributed by atoms with Crippen LogP contribution in [0, 0.1) is 85.8 Å². The molecule has 21 atom stereocenters. The van der Waals surface area contributed by atoms with Crippen molar-refractivity contribution in [3.05, 3.63) is 72.5 Å². The van der Waals surface area contributed by atoms with Crippen LogP contribution in [0.25, 0.3) is 0 Å². The summed E-state index contributed by atoms with van der Waals surface area (Å²) in [7, 11) is 4.21. The molecule has 21 heteroatoms. The number of likely N-dealkylation sites (N-methyl/N-ethyl adjacent to an activating group) is 1. The maximum Gasteiger partial charge on any atom is 0.310 e. The molecule has 0 radical (unpaired) electrons. The van der Waals surface area contributed by atoms with Gasteiger partial charge in [-0.2, -0.15) is 0 Å². The summed E-state index contributed by atoms with van der Waals surface area (Å²) in [5.41, 5.74) is -1.15. The molecule has 0 bridgehead atoms. The van der Waals surface area contributed by atoms with Gasteiger partial charge in [0.25, 0.3) is 0 Å². The Hall–Kier alpha value is -6.45. The maximum absolute atomic E-state index is 13.9. The number of ketones is 3. The molecule has 0 spiro atoms. The average Bonchev–Trinajstić information content (AvgIpc) is 0.862. The minimum absolute atomic E-state index is 0.0961.